The Morgan fingerprint density at radius 1 is 1.35 bits per heavy atom. The van der Waals surface area contributed by atoms with E-state index in [2.05, 4.69) is 10.3 Å². The molecule has 2 rings (SSSR count). The third-order valence-electron chi connectivity index (χ3n) is 3.27. The van der Waals surface area contributed by atoms with Gasteiger partial charge in [-0.3, -0.25) is 4.79 Å². The van der Waals surface area contributed by atoms with Crippen LogP contribution in [0.2, 0.25) is 0 Å². The number of rotatable bonds is 4. The van der Waals surface area contributed by atoms with Gasteiger partial charge in [0.05, 0.1) is 18.2 Å². The Morgan fingerprint density at radius 2 is 2.00 bits per heavy atom. The average Bonchev–Trinajstić information content (AvgIpc) is 2.82. The van der Waals surface area contributed by atoms with Crippen molar-refractivity contribution in [2.45, 2.75) is 32.7 Å². The van der Waals surface area contributed by atoms with Crippen LogP contribution >= 0.6 is 0 Å². The lowest BCUT2D eigenvalue weighted by molar-refractivity contribution is -0.125. The lowest BCUT2D eigenvalue weighted by atomic mass is 9.83. The molecule has 0 atom stereocenters. The SMILES string of the molecule is Cc1cnc(CNC(=O)C(C)(C)c2ccc(N)cc2)o1. The molecular formula is C15H19N3O2. The molecule has 106 valence electrons. The van der Waals surface area contributed by atoms with Crippen LogP contribution in [0.15, 0.2) is 34.9 Å². The number of amides is 1. The Hall–Kier alpha value is -2.30. The molecule has 0 unspecified atom stereocenters. The number of carbonyl (C=O) groups is 1. The maximum absolute atomic E-state index is 12.3. The van der Waals surface area contributed by atoms with Gasteiger partial charge in [-0.25, -0.2) is 4.98 Å². The van der Waals surface area contributed by atoms with Gasteiger partial charge >= 0.3 is 0 Å². The fraction of sp³-hybridized carbons (Fsp3) is 0.333. The van der Waals surface area contributed by atoms with Crippen LogP contribution in [0.5, 0.6) is 0 Å². The number of hydrogen-bond donors (Lipinski definition) is 2. The number of nitrogens with one attached hydrogen (secondary N) is 1. The van der Waals surface area contributed by atoms with Gasteiger partial charge in [0.25, 0.3) is 0 Å². The standard InChI is InChI=1S/C15H19N3O2/c1-10-8-17-13(20-10)9-18-14(19)15(2,3)11-4-6-12(16)7-5-11/h4-8H,9,16H2,1-3H3,(H,18,19). The van der Waals surface area contributed by atoms with Crippen LogP contribution in [0.1, 0.15) is 31.1 Å². The lowest BCUT2D eigenvalue weighted by Crippen LogP contribution is -2.39. The van der Waals surface area contributed by atoms with Crippen LogP contribution in [0.4, 0.5) is 5.69 Å². The van der Waals surface area contributed by atoms with Crippen molar-refractivity contribution in [2.75, 3.05) is 5.73 Å². The lowest BCUT2D eigenvalue weighted by Gasteiger charge is -2.24. The minimum absolute atomic E-state index is 0.0851. The van der Waals surface area contributed by atoms with E-state index in [4.69, 9.17) is 10.2 Å². The van der Waals surface area contributed by atoms with Gasteiger partial charge in [0.15, 0.2) is 0 Å². The molecule has 0 fully saturated rings. The molecular weight excluding hydrogens is 254 g/mol. The van der Waals surface area contributed by atoms with Gasteiger partial charge in [0.1, 0.15) is 5.76 Å². The molecule has 0 saturated carbocycles. The van der Waals surface area contributed by atoms with E-state index in [0.29, 0.717) is 11.6 Å². The third kappa shape index (κ3) is 2.99. The second kappa shape index (κ2) is 5.36. The van der Waals surface area contributed by atoms with Crippen molar-refractivity contribution < 1.29 is 9.21 Å². The second-order valence-corrected chi connectivity index (χ2v) is 5.29. The molecule has 0 aliphatic rings. The molecule has 1 heterocycles. The molecule has 0 saturated heterocycles. The highest BCUT2D eigenvalue weighted by molar-refractivity contribution is 5.87. The highest BCUT2D eigenvalue weighted by atomic mass is 16.4. The van der Waals surface area contributed by atoms with Crippen molar-refractivity contribution in [1.82, 2.24) is 10.3 Å². The Kier molecular flexibility index (Phi) is 3.79. The number of nitrogens with two attached hydrogens (primary N) is 1. The summed E-state index contributed by atoms with van der Waals surface area (Å²) in [6.45, 7) is 5.84. The van der Waals surface area contributed by atoms with E-state index in [0.717, 1.165) is 11.3 Å². The maximum atomic E-state index is 12.3. The van der Waals surface area contributed by atoms with E-state index in [1.807, 2.05) is 32.9 Å². The fourth-order valence-corrected chi connectivity index (χ4v) is 1.89. The van der Waals surface area contributed by atoms with Gasteiger partial charge in [-0.15, -0.1) is 0 Å². The van der Waals surface area contributed by atoms with Crippen LogP contribution < -0.4 is 11.1 Å². The van der Waals surface area contributed by atoms with Crippen LogP contribution in [0.3, 0.4) is 0 Å². The van der Waals surface area contributed by atoms with Crippen LogP contribution in [-0.4, -0.2) is 10.9 Å². The zero-order valence-corrected chi connectivity index (χ0v) is 11.9. The van der Waals surface area contributed by atoms with E-state index in [-0.39, 0.29) is 12.5 Å². The Labute approximate surface area is 118 Å². The molecule has 0 radical (unpaired) electrons. The van der Waals surface area contributed by atoms with Gasteiger partial charge in [0, 0.05) is 5.69 Å². The van der Waals surface area contributed by atoms with E-state index in [9.17, 15) is 4.79 Å². The van der Waals surface area contributed by atoms with Crippen molar-refractivity contribution >= 4 is 11.6 Å². The van der Waals surface area contributed by atoms with Gasteiger partial charge in [0.2, 0.25) is 11.8 Å². The number of nitrogen functional groups attached to an aromatic ring is 1. The van der Waals surface area contributed by atoms with E-state index < -0.39 is 5.41 Å². The number of anilines is 1. The minimum Gasteiger partial charge on any atom is -0.444 e. The number of aromatic nitrogens is 1. The minimum atomic E-state index is -0.644. The Bertz CT molecular complexity index is 600. The number of benzene rings is 1. The van der Waals surface area contributed by atoms with Crippen molar-refractivity contribution in [2.24, 2.45) is 0 Å². The van der Waals surface area contributed by atoms with Crippen molar-refractivity contribution in [3.8, 4) is 0 Å². The van der Waals surface area contributed by atoms with Crippen LogP contribution in [-0.2, 0) is 16.8 Å². The summed E-state index contributed by atoms with van der Waals surface area (Å²) in [4.78, 5) is 16.4. The summed E-state index contributed by atoms with van der Waals surface area (Å²) < 4.78 is 5.33. The Balaban J connectivity index is 2.05. The fourth-order valence-electron chi connectivity index (χ4n) is 1.89. The summed E-state index contributed by atoms with van der Waals surface area (Å²) >= 11 is 0. The summed E-state index contributed by atoms with van der Waals surface area (Å²) in [7, 11) is 0. The molecule has 1 aromatic heterocycles. The highest BCUT2D eigenvalue weighted by Gasteiger charge is 2.29. The first-order valence-corrected chi connectivity index (χ1v) is 6.45. The maximum Gasteiger partial charge on any atom is 0.230 e. The molecule has 3 N–H and O–H groups in total. The molecule has 1 amide bonds. The highest BCUT2D eigenvalue weighted by Crippen LogP contribution is 2.24. The Morgan fingerprint density at radius 3 is 2.55 bits per heavy atom. The molecule has 0 aliphatic heterocycles. The molecule has 2 aromatic rings. The molecule has 0 spiro atoms. The molecule has 0 bridgehead atoms. The zero-order valence-electron chi connectivity index (χ0n) is 11.9. The zero-order chi connectivity index (χ0) is 14.8. The van der Waals surface area contributed by atoms with Crippen LogP contribution in [0.25, 0.3) is 0 Å². The number of oxazole rings is 1. The summed E-state index contributed by atoms with van der Waals surface area (Å²) in [6, 6.07) is 7.32. The first kappa shape index (κ1) is 14.1. The predicted molar refractivity (Wildman–Crippen MR) is 77.0 cm³/mol. The number of nitrogens with zero attached hydrogens (tertiary/aromatic N) is 1. The summed E-state index contributed by atoms with van der Waals surface area (Å²) in [5, 5.41) is 2.84. The summed E-state index contributed by atoms with van der Waals surface area (Å²) in [5.74, 6) is 1.15. The topological polar surface area (TPSA) is 81.2 Å². The van der Waals surface area contributed by atoms with Gasteiger partial charge < -0.3 is 15.5 Å². The largest absolute Gasteiger partial charge is 0.444 e. The van der Waals surface area contributed by atoms with Crippen molar-refractivity contribution in [3.63, 3.8) is 0 Å². The van der Waals surface area contributed by atoms with E-state index >= 15 is 0 Å². The molecule has 1 aromatic carbocycles. The normalized spacial score (nSPS) is 11.3. The number of aryl methyl sites for hydroxylation is 1. The first-order valence-electron chi connectivity index (χ1n) is 6.45. The third-order valence-corrected chi connectivity index (χ3v) is 3.27. The number of carbonyl (C=O) groups excluding carboxylic acids is 1. The summed E-state index contributed by atoms with van der Waals surface area (Å²) in [5.41, 5.74) is 6.61. The van der Waals surface area contributed by atoms with Gasteiger partial charge in [-0.2, -0.15) is 0 Å². The van der Waals surface area contributed by atoms with Gasteiger partial charge in [-0.05, 0) is 38.5 Å². The molecule has 20 heavy (non-hydrogen) atoms. The second-order valence-electron chi connectivity index (χ2n) is 5.29. The number of hydrogen-bond acceptors (Lipinski definition) is 4. The average molecular weight is 273 g/mol. The van der Waals surface area contributed by atoms with E-state index in [1.165, 1.54) is 0 Å². The van der Waals surface area contributed by atoms with E-state index in [1.54, 1.807) is 18.3 Å². The molecule has 5 heteroatoms. The first-order chi connectivity index (χ1) is 9.39. The summed E-state index contributed by atoms with van der Waals surface area (Å²) in [6.07, 6.45) is 1.63. The predicted octanol–water partition coefficient (Wildman–Crippen LogP) is 2.16. The van der Waals surface area contributed by atoms with Crippen molar-refractivity contribution in [3.05, 3.63) is 47.7 Å². The van der Waals surface area contributed by atoms with Crippen molar-refractivity contribution in [1.29, 1.82) is 0 Å². The van der Waals surface area contributed by atoms with Gasteiger partial charge in [-0.1, -0.05) is 12.1 Å². The smallest absolute Gasteiger partial charge is 0.230 e. The quantitative estimate of drug-likeness (QED) is 0.836. The molecule has 5 nitrogen and oxygen atoms in total. The van der Waals surface area contributed by atoms with Crippen LogP contribution in [0, 0.1) is 6.92 Å². The monoisotopic (exact) mass is 273 g/mol. The molecule has 0 aliphatic carbocycles.